The van der Waals surface area contributed by atoms with Gasteiger partial charge >= 0.3 is 0 Å². The predicted molar refractivity (Wildman–Crippen MR) is 98.1 cm³/mol. The maximum absolute atomic E-state index is 14.2. The second-order valence-corrected chi connectivity index (χ2v) is 7.36. The fourth-order valence-corrected chi connectivity index (χ4v) is 4.21. The lowest BCUT2D eigenvalue weighted by molar-refractivity contribution is 0.0902. The number of nitrogens with zero attached hydrogens (tertiary/aromatic N) is 4. The average molecular weight is 424 g/mol. The Bertz CT molecular complexity index is 1140. The highest BCUT2D eigenvalue weighted by molar-refractivity contribution is 7.71. The van der Waals surface area contributed by atoms with E-state index in [1.807, 2.05) is 0 Å². The van der Waals surface area contributed by atoms with Crippen molar-refractivity contribution in [3.63, 3.8) is 0 Å². The van der Waals surface area contributed by atoms with E-state index >= 15 is 0 Å². The Morgan fingerprint density at radius 1 is 1.24 bits per heavy atom. The van der Waals surface area contributed by atoms with Crippen molar-refractivity contribution < 1.29 is 22.4 Å². The molecule has 3 aromatic rings. The Balaban J connectivity index is 1.64. The molecule has 0 unspecified atom stereocenters. The summed E-state index contributed by atoms with van der Waals surface area (Å²) in [4.78, 5) is 16.1. The summed E-state index contributed by atoms with van der Waals surface area (Å²) >= 11 is 5.41. The maximum atomic E-state index is 14.2. The van der Waals surface area contributed by atoms with Crippen molar-refractivity contribution in [2.45, 2.75) is 31.7 Å². The molecule has 5 nitrogen and oxygen atoms in total. The van der Waals surface area contributed by atoms with E-state index < -0.39 is 34.8 Å². The van der Waals surface area contributed by atoms with Gasteiger partial charge in [-0.25, -0.2) is 22.5 Å². The zero-order chi connectivity index (χ0) is 20.9. The molecule has 1 aromatic carbocycles. The molecule has 3 heterocycles. The molecular weight excluding hydrogens is 408 g/mol. The summed E-state index contributed by atoms with van der Waals surface area (Å²) in [5.74, 6) is -6.57. The Morgan fingerprint density at radius 3 is 2.55 bits per heavy atom. The summed E-state index contributed by atoms with van der Waals surface area (Å²) in [6.07, 6.45) is 5.15. The van der Waals surface area contributed by atoms with Crippen LogP contribution in [0, 0.1) is 28.0 Å². The number of halogens is 4. The van der Waals surface area contributed by atoms with Crippen LogP contribution in [0.2, 0.25) is 0 Å². The summed E-state index contributed by atoms with van der Waals surface area (Å²) in [6.45, 7) is 0.105. The topological polar surface area (TPSA) is 44.8 Å². The van der Waals surface area contributed by atoms with Crippen molar-refractivity contribution in [2.24, 2.45) is 7.05 Å². The maximum Gasteiger partial charge on any atom is 0.232 e. The number of carbonyl (C=O) groups is 1. The fourth-order valence-electron chi connectivity index (χ4n) is 3.91. The molecule has 152 valence electrons. The lowest BCUT2D eigenvalue weighted by Crippen LogP contribution is -2.13. The van der Waals surface area contributed by atoms with E-state index in [1.54, 1.807) is 22.4 Å². The zero-order valence-electron chi connectivity index (χ0n) is 15.3. The highest BCUT2D eigenvalue weighted by atomic mass is 32.1. The third-order valence-electron chi connectivity index (χ3n) is 5.35. The fraction of sp³-hybridized carbons (Fsp3) is 0.316. The highest BCUT2D eigenvalue weighted by Gasteiger charge is 2.34. The summed E-state index contributed by atoms with van der Waals surface area (Å²) in [5, 5.41) is 0. The Morgan fingerprint density at radius 2 is 1.93 bits per heavy atom. The van der Waals surface area contributed by atoms with Crippen LogP contribution in [0.15, 0.2) is 24.8 Å². The van der Waals surface area contributed by atoms with Crippen molar-refractivity contribution in [1.29, 1.82) is 0 Å². The van der Waals surface area contributed by atoms with Gasteiger partial charge in [-0.3, -0.25) is 9.36 Å². The number of rotatable bonds is 4. The van der Waals surface area contributed by atoms with E-state index in [-0.39, 0.29) is 31.4 Å². The molecule has 1 atom stereocenters. The minimum Gasteiger partial charge on any atom is -0.324 e. The van der Waals surface area contributed by atoms with Gasteiger partial charge in [0.15, 0.2) is 28.0 Å². The first-order chi connectivity index (χ1) is 13.8. The molecule has 0 aliphatic carbocycles. The zero-order valence-corrected chi connectivity index (χ0v) is 16.1. The van der Waals surface area contributed by atoms with E-state index in [1.165, 1.54) is 17.1 Å². The molecule has 0 saturated heterocycles. The van der Waals surface area contributed by atoms with Gasteiger partial charge in [0, 0.05) is 61.3 Å². The number of aromatic nitrogens is 4. The molecule has 0 fully saturated rings. The molecule has 1 aliphatic heterocycles. The molecule has 0 radical (unpaired) electrons. The van der Waals surface area contributed by atoms with E-state index in [0.29, 0.717) is 16.9 Å². The standard InChI is InChI=1S/C19H16F4N4OS/c1-25-13(2-3-15(28)26-5-4-24-9-26)14-6-10(8-27(14)19(25)29)16-17(22)11(20)7-12(21)18(16)23/h4-5,7,9-10H,2-3,6,8H2,1H3/t10-/m0/s1. The molecule has 29 heavy (non-hydrogen) atoms. The number of imidazole rings is 2. The largest absolute Gasteiger partial charge is 0.324 e. The average Bonchev–Trinajstić information content (AvgIpc) is 3.40. The van der Waals surface area contributed by atoms with Gasteiger partial charge in [-0.2, -0.15) is 0 Å². The summed E-state index contributed by atoms with van der Waals surface area (Å²) in [5.41, 5.74) is 0.858. The molecular formula is C19H16F4N4OS. The van der Waals surface area contributed by atoms with Gasteiger partial charge in [-0.1, -0.05) is 0 Å². The molecule has 10 heteroatoms. The first-order valence-corrected chi connectivity index (χ1v) is 9.31. The van der Waals surface area contributed by atoms with Crippen molar-refractivity contribution in [3.05, 3.63) is 69.8 Å². The highest BCUT2D eigenvalue weighted by Crippen LogP contribution is 2.36. The van der Waals surface area contributed by atoms with Crippen LogP contribution < -0.4 is 0 Å². The van der Waals surface area contributed by atoms with Crippen LogP contribution in [-0.4, -0.2) is 24.6 Å². The number of hydrogen-bond donors (Lipinski definition) is 0. The van der Waals surface area contributed by atoms with E-state index in [0.717, 1.165) is 5.69 Å². The second kappa shape index (κ2) is 7.25. The molecule has 0 N–H and O–H groups in total. The van der Waals surface area contributed by atoms with E-state index in [9.17, 15) is 22.4 Å². The molecule has 1 aliphatic rings. The first kappa shape index (κ1) is 19.6. The second-order valence-electron chi connectivity index (χ2n) is 6.99. The Kier molecular flexibility index (Phi) is 4.89. The SMILES string of the molecule is Cn1c(CCC(=O)n2ccnc2)c2n(c1=S)C[C@@H](c1c(F)c(F)cc(F)c1F)C2. The molecule has 0 saturated carbocycles. The normalized spacial score (nSPS) is 15.7. The van der Waals surface area contributed by atoms with Crippen LogP contribution in [0.4, 0.5) is 17.6 Å². The van der Waals surface area contributed by atoms with E-state index in [4.69, 9.17) is 12.2 Å². The van der Waals surface area contributed by atoms with Gasteiger partial charge < -0.3 is 9.13 Å². The monoisotopic (exact) mass is 424 g/mol. The first-order valence-electron chi connectivity index (χ1n) is 8.90. The number of fused-ring (bicyclic) bond motifs is 1. The van der Waals surface area contributed by atoms with Crippen molar-refractivity contribution in [2.75, 3.05) is 0 Å². The van der Waals surface area contributed by atoms with Gasteiger partial charge in [0.2, 0.25) is 5.91 Å². The third kappa shape index (κ3) is 3.21. The molecule has 2 aromatic heterocycles. The number of hydrogen-bond acceptors (Lipinski definition) is 3. The van der Waals surface area contributed by atoms with Gasteiger partial charge in [0.1, 0.15) is 6.33 Å². The minimum atomic E-state index is -1.43. The van der Waals surface area contributed by atoms with Crippen LogP contribution in [0.5, 0.6) is 0 Å². The lowest BCUT2D eigenvalue weighted by Gasteiger charge is -2.14. The van der Waals surface area contributed by atoms with Crippen LogP contribution in [0.3, 0.4) is 0 Å². The number of benzene rings is 1. The molecule has 4 rings (SSSR count). The van der Waals surface area contributed by atoms with Crippen LogP contribution in [0.1, 0.15) is 34.1 Å². The van der Waals surface area contributed by atoms with Gasteiger partial charge in [-0.15, -0.1) is 0 Å². The Hall–Kier alpha value is -2.75. The van der Waals surface area contributed by atoms with Crippen molar-refractivity contribution >= 4 is 18.1 Å². The van der Waals surface area contributed by atoms with Crippen LogP contribution in [-0.2, 0) is 26.4 Å². The quantitative estimate of drug-likeness (QED) is 0.362. The van der Waals surface area contributed by atoms with Gasteiger partial charge in [-0.05, 0) is 25.1 Å². The van der Waals surface area contributed by atoms with Crippen molar-refractivity contribution in [1.82, 2.24) is 18.7 Å². The molecule has 0 amide bonds. The summed E-state index contributed by atoms with van der Waals surface area (Å²) in [7, 11) is 1.75. The van der Waals surface area contributed by atoms with Crippen molar-refractivity contribution in [3.8, 4) is 0 Å². The predicted octanol–water partition coefficient (Wildman–Crippen LogP) is 3.92. The smallest absolute Gasteiger partial charge is 0.232 e. The summed E-state index contributed by atoms with van der Waals surface area (Å²) < 4.78 is 61.0. The van der Waals surface area contributed by atoms with Crippen LogP contribution in [0.25, 0.3) is 0 Å². The lowest BCUT2D eigenvalue weighted by atomic mass is 9.94. The Labute approximate surface area is 168 Å². The molecule has 0 spiro atoms. The van der Waals surface area contributed by atoms with Gasteiger partial charge in [0.25, 0.3) is 0 Å². The van der Waals surface area contributed by atoms with E-state index in [2.05, 4.69) is 4.98 Å². The van der Waals surface area contributed by atoms with Gasteiger partial charge in [0.05, 0.1) is 0 Å². The minimum absolute atomic E-state index is 0.105. The summed E-state index contributed by atoms with van der Waals surface area (Å²) in [6, 6.07) is 0.203. The third-order valence-corrected chi connectivity index (χ3v) is 5.84. The molecule has 0 bridgehead atoms. The van der Waals surface area contributed by atoms with Crippen LogP contribution >= 0.6 is 12.2 Å². The number of carbonyl (C=O) groups excluding carboxylic acids is 1.